The summed E-state index contributed by atoms with van der Waals surface area (Å²) in [5, 5.41) is 2.46. The molecule has 6 nitrogen and oxygen atoms in total. The molecule has 0 spiro atoms. The van der Waals surface area contributed by atoms with Crippen molar-refractivity contribution in [3.8, 4) is 73.5 Å². The minimum absolute atomic E-state index is 0.647. The SMILES string of the molecule is c1ccc(-c2cc(-c3cc(-c4cc(-c5ccccc5)nc(-c5ccccc5)n4)cc(N(c4ccccc4)c4ccc(-n5c6ccccc6c6ccccc65)cc4)c3)nc(-c3ccccc3)n2)cc1. The van der Waals surface area contributed by atoms with Gasteiger partial charge < -0.3 is 9.47 Å². The predicted octanol–water partition coefficient (Wildman–Crippen LogP) is 15.8. The molecule has 12 rings (SSSR count). The topological polar surface area (TPSA) is 59.7 Å². The Labute approximate surface area is 394 Å². The molecule has 320 valence electrons. The van der Waals surface area contributed by atoms with Gasteiger partial charge in [0.05, 0.1) is 33.8 Å². The van der Waals surface area contributed by atoms with E-state index < -0.39 is 0 Å². The van der Waals surface area contributed by atoms with Crippen LogP contribution in [0.2, 0.25) is 0 Å². The molecule has 6 heteroatoms. The van der Waals surface area contributed by atoms with Crippen molar-refractivity contribution in [3.63, 3.8) is 0 Å². The Morgan fingerprint density at radius 3 is 1.06 bits per heavy atom. The number of hydrogen-bond acceptors (Lipinski definition) is 5. The first kappa shape index (κ1) is 40.3. The normalized spacial score (nSPS) is 11.2. The molecular formula is C62H42N6. The summed E-state index contributed by atoms with van der Waals surface area (Å²) in [7, 11) is 0. The van der Waals surface area contributed by atoms with Gasteiger partial charge in [0.1, 0.15) is 0 Å². The zero-order valence-electron chi connectivity index (χ0n) is 36.9. The maximum atomic E-state index is 5.34. The Kier molecular flexibility index (Phi) is 10.4. The highest BCUT2D eigenvalue weighted by molar-refractivity contribution is 6.09. The minimum Gasteiger partial charge on any atom is -0.310 e. The quantitative estimate of drug-likeness (QED) is 0.137. The zero-order valence-corrected chi connectivity index (χ0v) is 36.9. The highest BCUT2D eigenvalue weighted by atomic mass is 15.1. The van der Waals surface area contributed by atoms with Crippen LogP contribution >= 0.6 is 0 Å². The first-order valence-electron chi connectivity index (χ1n) is 22.8. The number of anilines is 3. The van der Waals surface area contributed by atoms with Crippen molar-refractivity contribution < 1.29 is 0 Å². The van der Waals surface area contributed by atoms with E-state index in [-0.39, 0.29) is 0 Å². The molecule has 0 saturated carbocycles. The lowest BCUT2D eigenvalue weighted by atomic mass is 9.99. The summed E-state index contributed by atoms with van der Waals surface area (Å²) in [6.07, 6.45) is 0. The number of nitrogens with zero attached hydrogens (tertiary/aromatic N) is 6. The van der Waals surface area contributed by atoms with E-state index in [0.29, 0.717) is 11.6 Å². The van der Waals surface area contributed by atoms with Crippen molar-refractivity contribution in [2.24, 2.45) is 0 Å². The molecule has 0 bridgehead atoms. The Morgan fingerprint density at radius 1 is 0.265 bits per heavy atom. The minimum atomic E-state index is 0.647. The van der Waals surface area contributed by atoms with E-state index in [1.54, 1.807) is 0 Å². The third-order valence-corrected chi connectivity index (χ3v) is 12.4. The second kappa shape index (κ2) is 17.6. The van der Waals surface area contributed by atoms with Crippen LogP contribution in [0.25, 0.3) is 95.3 Å². The fraction of sp³-hybridized carbons (Fsp3) is 0. The first-order chi connectivity index (χ1) is 33.7. The van der Waals surface area contributed by atoms with Crippen LogP contribution < -0.4 is 4.90 Å². The molecule has 68 heavy (non-hydrogen) atoms. The van der Waals surface area contributed by atoms with E-state index in [9.17, 15) is 0 Å². The van der Waals surface area contributed by atoms with E-state index in [0.717, 1.165) is 78.9 Å². The molecule has 0 aliphatic rings. The van der Waals surface area contributed by atoms with Crippen molar-refractivity contribution in [3.05, 3.63) is 255 Å². The molecule has 0 saturated heterocycles. The molecule has 0 aliphatic heterocycles. The second-order valence-electron chi connectivity index (χ2n) is 16.7. The molecule has 9 aromatic carbocycles. The van der Waals surface area contributed by atoms with Gasteiger partial charge in [0.15, 0.2) is 11.6 Å². The van der Waals surface area contributed by atoms with E-state index >= 15 is 0 Å². The van der Waals surface area contributed by atoms with Crippen molar-refractivity contribution in [2.75, 3.05) is 4.90 Å². The van der Waals surface area contributed by atoms with Crippen LogP contribution in [-0.2, 0) is 0 Å². The highest BCUT2D eigenvalue weighted by Gasteiger charge is 2.20. The van der Waals surface area contributed by atoms with Gasteiger partial charge in [-0.25, -0.2) is 19.9 Å². The Hall–Kier alpha value is -9.26. The maximum absolute atomic E-state index is 5.34. The summed E-state index contributed by atoms with van der Waals surface area (Å²) in [5.41, 5.74) is 15.3. The molecule has 0 aliphatic carbocycles. The summed E-state index contributed by atoms with van der Waals surface area (Å²) in [6.45, 7) is 0. The van der Waals surface area contributed by atoms with Crippen LogP contribution in [0.3, 0.4) is 0 Å². The first-order valence-corrected chi connectivity index (χ1v) is 22.8. The summed E-state index contributed by atoms with van der Waals surface area (Å²) in [6, 6.07) is 88.6. The average Bonchev–Trinajstić information content (AvgIpc) is 3.76. The molecular weight excluding hydrogens is 829 g/mol. The standard InChI is InChI=1S/C62H42N6/c1-6-20-43(21-7-1)55-41-57(65-61(63-55)45-24-10-3-11-25-45)47-38-48(58-42-56(44-22-8-2-9-23-44)64-62(66-58)46-26-12-4-13-27-46)40-52(39-47)67(49-28-14-5-15-29-49)50-34-36-51(37-35-50)68-59-32-18-16-30-53(59)54-31-17-19-33-60(54)68/h1-42H. The van der Waals surface area contributed by atoms with Gasteiger partial charge in [0, 0.05) is 66.9 Å². The number of para-hydroxylation sites is 3. The Morgan fingerprint density at radius 2 is 0.618 bits per heavy atom. The average molecular weight is 871 g/mol. The lowest BCUT2D eigenvalue weighted by Gasteiger charge is -2.27. The number of fused-ring (bicyclic) bond motifs is 3. The highest BCUT2D eigenvalue weighted by Crippen LogP contribution is 2.42. The third kappa shape index (κ3) is 7.76. The van der Waals surface area contributed by atoms with E-state index in [1.165, 1.54) is 21.8 Å². The summed E-state index contributed by atoms with van der Waals surface area (Å²) in [5.74, 6) is 1.29. The zero-order chi connectivity index (χ0) is 45.2. The summed E-state index contributed by atoms with van der Waals surface area (Å²) >= 11 is 0. The van der Waals surface area contributed by atoms with Gasteiger partial charge in [-0.3, -0.25) is 0 Å². The van der Waals surface area contributed by atoms with Crippen LogP contribution in [0, 0.1) is 0 Å². The fourth-order valence-corrected chi connectivity index (χ4v) is 9.15. The Bertz CT molecular complexity index is 3390. The molecule has 0 fully saturated rings. The van der Waals surface area contributed by atoms with Crippen molar-refractivity contribution >= 4 is 38.9 Å². The van der Waals surface area contributed by atoms with Gasteiger partial charge in [-0.1, -0.05) is 176 Å². The Balaban J connectivity index is 1.09. The van der Waals surface area contributed by atoms with Crippen LogP contribution in [0.1, 0.15) is 0 Å². The van der Waals surface area contributed by atoms with Gasteiger partial charge in [-0.05, 0) is 78.9 Å². The second-order valence-corrected chi connectivity index (χ2v) is 16.7. The van der Waals surface area contributed by atoms with Crippen LogP contribution in [0.5, 0.6) is 0 Å². The molecule has 0 radical (unpaired) electrons. The molecule has 0 atom stereocenters. The van der Waals surface area contributed by atoms with Gasteiger partial charge in [0.2, 0.25) is 0 Å². The van der Waals surface area contributed by atoms with Gasteiger partial charge in [-0.15, -0.1) is 0 Å². The number of aromatic nitrogens is 5. The molecule has 12 aromatic rings. The fourth-order valence-electron chi connectivity index (χ4n) is 9.15. The molecule has 3 aromatic heterocycles. The van der Waals surface area contributed by atoms with Gasteiger partial charge in [-0.2, -0.15) is 0 Å². The van der Waals surface area contributed by atoms with Gasteiger partial charge >= 0.3 is 0 Å². The molecule has 0 amide bonds. The number of hydrogen-bond donors (Lipinski definition) is 0. The number of benzene rings is 9. The smallest absolute Gasteiger partial charge is 0.160 e. The molecule has 0 N–H and O–H groups in total. The van der Waals surface area contributed by atoms with Gasteiger partial charge in [0.25, 0.3) is 0 Å². The molecule has 3 heterocycles. The van der Waals surface area contributed by atoms with Crippen LogP contribution in [0.15, 0.2) is 255 Å². The van der Waals surface area contributed by atoms with E-state index in [2.05, 4.69) is 191 Å². The lowest BCUT2D eigenvalue weighted by Crippen LogP contribution is -2.11. The maximum Gasteiger partial charge on any atom is 0.160 e. The largest absolute Gasteiger partial charge is 0.310 e. The predicted molar refractivity (Wildman–Crippen MR) is 279 cm³/mol. The summed E-state index contributed by atoms with van der Waals surface area (Å²) < 4.78 is 2.35. The lowest BCUT2D eigenvalue weighted by molar-refractivity contribution is 1.17. The summed E-state index contributed by atoms with van der Waals surface area (Å²) in [4.78, 5) is 23.3. The molecule has 0 unspecified atom stereocenters. The van der Waals surface area contributed by atoms with E-state index in [1.807, 2.05) is 72.8 Å². The van der Waals surface area contributed by atoms with E-state index in [4.69, 9.17) is 19.9 Å². The van der Waals surface area contributed by atoms with Crippen LogP contribution in [-0.4, -0.2) is 24.5 Å². The van der Waals surface area contributed by atoms with Crippen molar-refractivity contribution in [2.45, 2.75) is 0 Å². The van der Waals surface area contributed by atoms with Crippen molar-refractivity contribution in [1.82, 2.24) is 24.5 Å². The number of rotatable bonds is 10. The van der Waals surface area contributed by atoms with Crippen LogP contribution in [0.4, 0.5) is 17.1 Å². The van der Waals surface area contributed by atoms with Crippen molar-refractivity contribution in [1.29, 1.82) is 0 Å². The third-order valence-electron chi connectivity index (χ3n) is 12.4. The monoisotopic (exact) mass is 870 g/mol.